The Kier molecular flexibility index (Phi) is 10.5. The maximum Gasteiger partial charge on any atom is 0.322 e. The van der Waals surface area contributed by atoms with Gasteiger partial charge in [-0.1, -0.05) is 24.3 Å². The quantitative estimate of drug-likeness (QED) is 0.127. The van der Waals surface area contributed by atoms with Gasteiger partial charge in [0.15, 0.2) is 0 Å². The molecule has 2 saturated heterocycles. The smallest absolute Gasteiger partial charge is 0.322 e. The van der Waals surface area contributed by atoms with Crippen LogP contribution in [0.2, 0.25) is 0 Å². The van der Waals surface area contributed by atoms with Crippen molar-refractivity contribution in [3.8, 4) is 6.01 Å². The summed E-state index contributed by atoms with van der Waals surface area (Å²) in [6.45, 7) is 6.03. The number of morpholine rings is 2. The lowest BCUT2D eigenvalue weighted by Crippen LogP contribution is -2.37. The Morgan fingerprint density at radius 2 is 1.14 bits per heavy atom. The van der Waals surface area contributed by atoms with Crippen molar-refractivity contribution >= 4 is 67.6 Å². The Hall–Kier alpha value is -5.06. The highest BCUT2D eigenvalue weighted by Gasteiger charge is 2.21. The molecule has 2 aromatic carbocycles. The standard InChI is InChI=1S/C30H34N10O9S2/c1-19-31-26(35-28(32-19)39-9-13-48-14-10-39)33-22-7-5-20(24(17-22)50(41,42)43)3-4-21-6-8-23(18-25(21)51(44,45)46)34-27-36-29(38-30(37-27)47-2)40-11-15-49-16-12-40/h3-8,17-18H,9-16H2,1-2H3,(H,41,42,43)(H,44,45,46)(H,31,32,33,35)(H,34,36,37,38). The molecule has 4 N–H and O–H groups in total. The van der Waals surface area contributed by atoms with Crippen molar-refractivity contribution in [1.82, 2.24) is 29.9 Å². The Morgan fingerprint density at radius 3 is 1.59 bits per heavy atom. The number of hydrogen-bond donors (Lipinski definition) is 4. The lowest BCUT2D eigenvalue weighted by Gasteiger charge is -2.27. The number of rotatable bonds is 11. The van der Waals surface area contributed by atoms with E-state index < -0.39 is 30.0 Å². The van der Waals surface area contributed by atoms with Crippen molar-refractivity contribution in [3.05, 3.63) is 53.3 Å². The van der Waals surface area contributed by atoms with Gasteiger partial charge in [-0.15, -0.1) is 0 Å². The molecule has 0 amide bonds. The molecule has 6 rings (SSSR count). The van der Waals surface area contributed by atoms with Gasteiger partial charge in [0, 0.05) is 37.6 Å². The highest BCUT2D eigenvalue weighted by molar-refractivity contribution is 7.86. The summed E-state index contributed by atoms with van der Waals surface area (Å²) >= 11 is 0. The van der Waals surface area contributed by atoms with Gasteiger partial charge in [0.05, 0.1) is 33.5 Å². The molecule has 4 heterocycles. The summed E-state index contributed by atoms with van der Waals surface area (Å²) in [7, 11) is -8.15. The van der Waals surface area contributed by atoms with E-state index in [1.807, 2.05) is 9.80 Å². The molecule has 2 aliphatic heterocycles. The van der Waals surface area contributed by atoms with Crippen LogP contribution in [0.3, 0.4) is 0 Å². The number of aromatic nitrogens is 6. The summed E-state index contributed by atoms with van der Waals surface area (Å²) in [4.78, 5) is 28.8. The largest absolute Gasteiger partial charge is 0.467 e. The third kappa shape index (κ3) is 9.00. The summed E-state index contributed by atoms with van der Waals surface area (Å²) < 4.78 is 86.0. The number of hydrogen-bond acceptors (Lipinski definition) is 17. The predicted octanol–water partition coefficient (Wildman–Crippen LogP) is 2.20. The fourth-order valence-corrected chi connectivity index (χ4v) is 6.63. The Morgan fingerprint density at radius 1 is 0.686 bits per heavy atom. The fourth-order valence-electron chi connectivity index (χ4n) is 5.21. The lowest BCUT2D eigenvalue weighted by atomic mass is 10.1. The number of ether oxygens (including phenoxy) is 3. The molecule has 2 fully saturated rings. The van der Waals surface area contributed by atoms with Gasteiger partial charge in [-0.3, -0.25) is 9.11 Å². The van der Waals surface area contributed by atoms with E-state index in [2.05, 4.69) is 40.5 Å². The zero-order chi connectivity index (χ0) is 36.2. The maximum absolute atomic E-state index is 12.5. The van der Waals surface area contributed by atoms with Crippen molar-refractivity contribution in [2.45, 2.75) is 16.7 Å². The van der Waals surface area contributed by atoms with Gasteiger partial charge < -0.3 is 34.6 Å². The van der Waals surface area contributed by atoms with Crippen LogP contribution >= 0.6 is 0 Å². The van der Waals surface area contributed by atoms with Gasteiger partial charge >= 0.3 is 6.01 Å². The summed E-state index contributed by atoms with van der Waals surface area (Å²) in [6, 6.07) is 8.22. The minimum atomic E-state index is -4.78. The first-order valence-corrected chi connectivity index (χ1v) is 18.4. The fraction of sp³-hybridized carbons (Fsp3) is 0.333. The van der Waals surface area contributed by atoms with Gasteiger partial charge in [-0.25, -0.2) is 0 Å². The Labute approximate surface area is 293 Å². The van der Waals surface area contributed by atoms with Crippen LogP contribution in [0.15, 0.2) is 46.2 Å². The predicted molar refractivity (Wildman–Crippen MR) is 185 cm³/mol. The van der Waals surface area contributed by atoms with E-state index in [1.54, 1.807) is 6.92 Å². The molecule has 4 aromatic rings. The SMILES string of the molecule is COc1nc(Nc2ccc(C=Cc3ccc(Nc4nc(C)nc(N5CCOCC5)n4)cc3S(=O)(=O)O)c(S(=O)(=O)O)c2)nc(N2CCOCC2)n1. The van der Waals surface area contributed by atoms with Crippen molar-refractivity contribution in [2.24, 2.45) is 0 Å². The van der Waals surface area contributed by atoms with Gasteiger partial charge in [-0.2, -0.15) is 46.7 Å². The number of anilines is 6. The molecule has 51 heavy (non-hydrogen) atoms. The van der Waals surface area contributed by atoms with E-state index in [0.717, 1.165) is 6.07 Å². The van der Waals surface area contributed by atoms with Crippen LogP contribution in [-0.4, -0.2) is 116 Å². The summed E-state index contributed by atoms with van der Waals surface area (Å²) in [5, 5.41) is 5.86. The molecule has 0 radical (unpaired) electrons. The molecule has 0 atom stereocenters. The third-order valence-electron chi connectivity index (χ3n) is 7.65. The molecule has 2 aliphatic rings. The minimum absolute atomic E-state index is 0.0186. The van der Waals surface area contributed by atoms with Crippen LogP contribution < -0.4 is 25.2 Å². The van der Waals surface area contributed by atoms with Crippen LogP contribution in [-0.2, 0) is 29.7 Å². The first-order valence-electron chi connectivity index (χ1n) is 15.5. The van der Waals surface area contributed by atoms with E-state index in [0.29, 0.717) is 70.3 Å². The second-order valence-electron chi connectivity index (χ2n) is 11.2. The van der Waals surface area contributed by atoms with E-state index in [4.69, 9.17) is 14.2 Å². The maximum atomic E-state index is 12.5. The molecular weight excluding hydrogens is 709 g/mol. The van der Waals surface area contributed by atoms with Crippen LogP contribution in [0.25, 0.3) is 12.2 Å². The van der Waals surface area contributed by atoms with E-state index in [1.165, 1.54) is 49.6 Å². The van der Waals surface area contributed by atoms with Crippen LogP contribution in [0.1, 0.15) is 17.0 Å². The van der Waals surface area contributed by atoms with Crippen molar-refractivity contribution < 1.29 is 40.2 Å². The molecule has 270 valence electrons. The van der Waals surface area contributed by atoms with Gasteiger partial charge in [0.25, 0.3) is 20.2 Å². The number of aryl methyl sites for hydroxylation is 1. The molecule has 0 aliphatic carbocycles. The normalized spacial score (nSPS) is 15.6. The second-order valence-corrected chi connectivity index (χ2v) is 14.0. The van der Waals surface area contributed by atoms with Crippen molar-refractivity contribution in [3.63, 3.8) is 0 Å². The third-order valence-corrected chi connectivity index (χ3v) is 9.47. The summed E-state index contributed by atoms with van der Waals surface area (Å²) in [5.41, 5.74) is 0.504. The van der Waals surface area contributed by atoms with E-state index >= 15 is 0 Å². The topological polar surface area (TPSA) is 244 Å². The zero-order valence-electron chi connectivity index (χ0n) is 27.4. The van der Waals surface area contributed by atoms with E-state index in [9.17, 15) is 25.9 Å². The summed E-state index contributed by atoms with van der Waals surface area (Å²) in [5.74, 6) is 1.42. The van der Waals surface area contributed by atoms with Gasteiger partial charge in [0.2, 0.25) is 23.8 Å². The van der Waals surface area contributed by atoms with Crippen LogP contribution in [0.4, 0.5) is 35.2 Å². The molecule has 0 unspecified atom stereocenters. The summed E-state index contributed by atoms with van der Waals surface area (Å²) in [6.07, 6.45) is 2.58. The minimum Gasteiger partial charge on any atom is -0.467 e. The molecule has 2 aromatic heterocycles. The monoisotopic (exact) mass is 742 g/mol. The number of nitrogens with zero attached hydrogens (tertiary/aromatic N) is 8. The number of nitrogens with one attached hydrogen (secondary N) is 2. The molecular formula is C30H34N10O9S2. The van der Waals surface area contributed by atoms with Crippen LogP contribution in [0, 0.1) is 6.92 Å². The molecule has 0 saturated carbocycles. The van der Waals surface area contributed by atoms with Crippen molar-refractivity contribution in [2.75, 3.05) is 80.1 Å². The van der Waals surface area contributed by atoms with Gasteiger partial charge in [0.1, 0.15) is 15.6 Å². The number of methoxy groups -OCH3 is 1. The molecule has 21 heteroatoms. The first kappa shape index (κ1) is 35.8. The molecule has 0 bridgehead atoms. The average molecular weight is 743 g/mol. The highest BCUT2D eigenvalue weighted by Crippen LogP contribution is 2.28. The highest BCUT2D eigenvalue weighted by atomic mass is 32.2. The Bertz CT molecular complexity index is 2160. The van der Waals surface area contributed by atoms with E-state index in [-0.39, 0.29) is 40.4 Å². The first-order chi connectivity index (χ1) is 24.4. The lowest BCUT2D eigenvalue weighted by molar-refractivity contribution is 0.122. The van der Waals surface area contributed by atoms with Crippen LogP contribution in [0.5, 0.6) is 6.01 Å². The van der Waals surface area contributed by atoms with Gasteiger partial charge in [-0.05, 0) is 42.3 Å². The second kappa shape index (κ2) is 15.0. The zero-order valence-corrected chi connectivity index (χ0v) is 29.1. The molecule has 19 nitrogen and oxygen atoms in total. The number of benzene rings is 2. The average Bonchev–Trinajstić information content (AvgIpc) is 3.11. The van der Waals surface area contributed by atoms with Crippen molar-refractivity contribution in [1.29, 1.82) is 0 Å². The molecule has 0 spiro atoms. The Balaban J connectivity index is 1.26.